The molecule has 2 aromatic carbocycles. The molecule has 2 fully saturated rings. The van der Waals surface area contributed by atoms with Gasteiger partial charge >= 0.3 is 0 Å². The van der Waals surface area contributed by atoms with Gasteiger partial charge in [0.1, 0.15) is 58.6 Å². The molecule has 12 aromatic rings. The zero-order valence-electron chi connectivity index (χ0n) is 47.7. The third-order valence-corrected chi connectivity index (χ3v) is 16.3. The van der Waals surface area contributed by atoms with Crippen LogP contribution in [-0.4, -0.2) is 141 Å². The summed E-state index contributed by atoms with van der Waals surface area (Å²) < 4.78 is 19.1. The van der Waals surface area contributed by atoms with Crippen molar-refractivity contribution in [2.75, 3.05) is 62.5 Å². The summed E-state index contributed by atoms with van der Waals surface area (Å²) in [6, 6.07) is 18.9. The quantitative estimate of drug-likeness (QED) is 0.0611. The number of imidazole rings is 2. The largest absolute Gasteiger partial charge is 0.495 e. The van der Waals surface area contributed by atoms with Gasteiger partial charge in [0, 0.05) is 118 Å². The van der Waals surface area contributed by atoms with E-state index >= 15 is 0 Å². The molecule has 436 valence electrons. The molecule has 0 bridgehead atoms. The number of hydrogen-bond acceptors (Lipinski definition) is 18. The van der Waals surface area contributed by atoms with Gasteiger partial charge in [0.15, 0.2) is 11.3 Å². The number of rotatable bonds is 14. The van der Waals surface area contributed by atoms with Crippen molar-refractivity contribution in [1.29, 1.82) is 0 Å². The van der Waals surface area contributed by atoms with Crippen LogP contribution in [0.2, 0.25) is 0 Å². The molecule has 86 heavy (non-hydrogen) atoms. The number of nitrogens with zero attached hydrogens (tertiary/aromatic N) is 16. The lowest BCUT2D eigenvalue weighted by molar-refractivity contribution is 0.101. The van der Waals surface area contributed by atoms with Crippen LogP contribution in [-0.2, 0) is 27.2 Å². The standard InChI is InChI=1S/2C30H31N11O2/c1-39-23(11-18-5-8-32-14-24(18)39)30(42)37-22-4-3-19(12-25(22)43-2)27-26-28(31)35-17-36-29(26)41(38-27)21-6-9-40(10-7-21)15-20-13-33-16-34-20;1-39-23-5-8-32-13-19(23)11-24(39)30(42)37-22-4-3-18(12-25(22)43-2)27-26-28(31)35-17-36-29(26)41(38-27)21-6-9-40(10-7-21)15-20-14-33-16-34-20/h2*3-5,8,11-14,16-17,21H,6-7,9-10,15H2,1-2H3,(H,33,34)(H,37,42)(H2,31,35,36). The molecule has 0 unspecified atom stereocenters. The first-order chi connectivity index (χ1) is 42.0. The highest BCUT2D eigenvalue weighted by Crippen LogP contribution is 2.40. The van der Waals surface area contributed by atoms with Crippen LogP contribution in [0, 0.1) is 0 Å². The molecule has 10 aromatic heterocycles. The van der Waals surface area contributed by atoms with Crippen molar-refractivity contribution < 1.29 is 19.1 Å². The fourth-order valence-electron chi connectivity index (χ4n) is 11.8. The van der Waals surface area contributed by atoms with Crippen LogP contribution < -0.4 is 31.6 Å². The van der Waals surface area contributed by atoms with Crippen LogP contribution >= 0.6 is 0 Å². The van der Waals surface area contributed by atoms with E-state index in [9.17, 15) is 9.59 Å². The van der Waals surface area contributed by atoms with Crippen LogP contribution in [0.3, 0.4) is 0 Å². The van der Waals surface area contributed by atoms with E-state index in [1.165, 1.54) is 12.7 Å². The molecule has 2 aliphatic heterocycles. The minimum atomic E-state index is -0.254. The van der Waals surface area contributed by atoms with Crippen molar-refractivity contribution in [3.05, 3.63) is 146 Å². The number of carbonyl (C=O) groups is 2. The van der Waals surface area contributed by atoms with Crippen molar-refractivity contribution in [2.24, 2.45) is 14.1 Å². The van der Waals surface area contributed by atoms with Crippen LogP contribution in [0.25, 0.3) is 66.4 Å². The molecule has 26 heteroatoms. The predicted octanol–water partition coefficient (Wildman–Crippen LogP) is 7.57. The van der Waals surface area contributed by atoms with Crippen LogP contribution in [0.4, 0.5) is 23.0 Å². The van der Waals surface area contributed by atoms with Crippen LogP contribution in [0.1, 0.15) is 70.1 Å². The summed E-state index contributed by atoms with van der Waals surface area (Å²) in [7, 11) is 6.84. The molecular formula is C60H62N22O4. The van der Waals surface area contributed by atoms with Crippen molar-refractivity contribution in [3.8, 4) is 34.0 Å². The second-order valence-electron chi connectivity index (χ2n) is 21.5. The second-order valence-corrected chi connectivity index (χ2v) is 21.5. The lowest BCUT2D eigenvalue weighted by Crippen LogP contribution is -2.34. The van der Waals surface area contributed by atoms with E-state index in [0.29, 0.717) is 79.4 Å². The first-order valence-corrected chi connectivity index (χ1v) is 28.1. The van der Waals surface area contributed by atoms with Gasteiger partial charge in [-0.05, 0) is 74.2 Å². The maximum absolute atomic E-state index is 13.3. The number of nitrogens with two attached hydrogens (primary N) is 2. The fraction of sp³-hybridized carbons (Fsp3) is 0.267. The normalized spacial score (nSPS) is 14.5. The third kappa shape index (κ3) is 10.5. The summed E-state index contributed by atoms with van der Waals surface area (Å²) in [4.78, 5) is 72.0. The topological polar surface area (TPSA) is 315 Å². The molecule has 0 saturated carbocycles. The van der Waals surface area contributed by atoms with Crippen molar-refractivity contribution in [3.63, 3.8) is 0 Å². The highest BCUT2D eigenvalue weighted by atomic mass is 16.5. The molecule has 14 rings (SSSR count). The summed E-state index contributed by atoms with van der Waals surface area (Å²) in [6.07, 6.45) is 20.7. The number of fused-ring (bicyclic) bond motifs is 4. The van der Waals surface area contributed by atoms with Gasteiger partial charge in [-0.3, -0.25) is 29.4 Å². The van der Waals surface area contributed by atoms with Crippen LogP contribution in [0.15, 0.2) is 123 Å². The highest BCUT2D eigenvalue weighted by Gasteiger charge is 2.29. The summed E-state index contributed by atoms with van der Waals surface area (Å²) >= 11 is 0. The Hall–Kier alpha value is -10.6. The molecule has 2 amide bonds. The molecule has 2 aliphatic rings. The van der Waals surface area contributed by atoms with E-state index in [0.717, 1.165) is 109 Å². The SMILES string of the molecule is COc1cc(-c2nn(C3CCN(Cc4cnc[nH]4)CC3)c3ncnc(N)c23)ccc1NC(=O)c1cc2ccncc2n1C.COc1cc(-c2nn(C3CCN(Cc4cnc[nH]4)CC3)c3ncnc(N)c23)ccc1NC(=O)c1cc2cnccc2n1C. The zero-order chi connectivity index (χ0) is 59.0. The number of methoxy groups -OCH3 is 2. The van der Waals surface area contributed by atoms with E-state index in [4.69, 9.17) is 31.1 Å². The summed E-state index contributed by atoms with van der Waals surface area (Å²) in [6.45, 7) is 5.39. The van der Waals surface area contributed by atoms with E-state index in [-0.39, 0.29) is 23.9 Å². The number of pyridine rings is 2. The second kappa shape index (κ2) is 23.2. The number of carbonyl (C=O) groups excluding carboxylic acids is 2. The molecule has 2 saturated heterocycles. The first-order valence-electron chi connectivity index (χ1n) is 28.1. The van der Waals surface area contributed by atoms with Crippen LogP contribution in [0.5, 0.6) is 11.5 Å². The van der Waals surface area contributed by atoms with Gasteiger partial charge in [-0.15, -0.1) is 0 Å². The summed E-state index contributed by atoms with van der Waals surface area (Å²) in [5.74, 6) is 1.22. The Morgan fingerprint density at radius 1 is 0.570 bits per heavy atom. The number of aryl methyl sites for hydroxylation is 2. The first kappa shape index (κ1) is 54.6. The predicted molar refractivity (Wildman–Crippen MR) is 325 cm³/mol. The molecule has 0 aliphatic carbocycles. The minimum Gasteiger partial charge on any atom is -0.495 e. The molecular weight excluding hydrogens is 1090 g/mol. The lowest BCUT2D eigenvalue weighted by atomic mass is 10.0. The Morgan fingerprint density at radius 2 is 1.05 bits per heavy atom. The Kier molecular flexibility index (Phi) is 14.7. The number of piperidine rings is 2. The fourth-order valence-corrected chi connectivity index (χ4v) is 11.8. The van der Waals surface area contributed by atoms with Gasteiger partial charge in [-0.25, -0.2) is 39.3 Å². The highest BCUT2D eigenvalue weighted by molar-refractivity contribution is 6.09. The maximum atomic E-state index is 13.3. The Balaban J connectivity index is 0.000000160. The smallest absolute Gasteiger partial charge is 0.272 e. The number of benzene rings is 2. The third-order valence-electron chi connectivity index (χ3n) is 16.3. The number of nitrogens with one attached hydrogen (secondary N) is 4. The number of nitrogen functional groups attached to an aromatic ring is 2. The average molecular weight is 1160 g/mol. The van der Waals surface area contributed by atoms with E-state index in [1.807, 2.05) is 106 Å². The number of hydrogen-bond donors (Lipinski definition) is 6. The monoisotopic (exact) mass is 1150 g/mol. The van der Waals surface area contributed by atoms with Crippen molar-refractivity contribution in [2.45, 2.75) is 50.9 Å². The number of H-pyrrole nitrogens is 2. The van der Waals surface area contributed by atoms with Gasteiger partial charge < -0.3 is 50.7 Å². The maximum Gasteiger partial charge on any atom is 0.272 e. The lowest BCUT2D eigenvalue weighted by Gasteiger charge is -2.31. The minimum absolute atomic E-state index is 0.167. The van der Waals surface area contributed by atoms with Gasteiger partial charge in [0.25, 0.3) is 11.8 Å². The summed E-state index contributed by atoms with van der Waals surface area (Å²) in [5.41, 5.74) is 23.2. The number of anilines is 4. The number of likely N-dealkylation sites (tertiary alicyclic amines) is 2. The van der Waals surface area contributed by atoms with Gasteiger partial charge in [-0.1, -0.05) is 12.1 Å². The summed E-state index contributed by atoms with van der Waals surface area (Å²) in [5, 5.41) is 19.3. The van der Waals surface area contributed by atoms with Gasteiger partial charge in [-0.2, -0.15) is 10.2 Å². The van der Waals surface area contributed by atoms with Crippen molar-refractivity contribution >= 4 is 78.7 Å². The average Bonchev–Trinajstić information content (AvgIpc) is 2.78. The number of aromatic nitrogens is 16. The number of ether oxygens (including phenoxy) is 2. The molecule has 0 spiro atoms. The number of amides is 2. The van der Waals surface area contributed by atoms with Gasteiger partial charge in [0.05, 0.1) is 78.3 Å². The number of aromatic amines is 2. The Bertz CT molecular complexity index is 4150. The van der Waals surface area contributed by atoms with E-state index in [2.05, 4.69) is 70.3 Å². The molecule has 8 N–H and O–H groups in total. The molecule has 0 radical (unpaired) electrons. The van der Waals surface area contributed by atoms with E-state index < -0.39 is 0 Å². The Morgan fingerprint density at radius 3 is 1.51 bits per heavy atom. The molecule has 12 heterocycles. The zero-order valence-corrected chi connectivity index (χ0v) is 47.7. The van der Waals surface area contributed by atoms with Gasteiger partial charge in [0.2, 0.25) is 0 Å². The van der Waals surface area contributed by atoms with Crippen molar-refractivity contribution in [1.82, 2.24) is 88.3 Å². The van der Waals surface area contributed by atoms with E-state index in [1.54, 1.807) is 51.7 Å². The molecule has 26 nitrogen and oxygen atoms in total. The Labute approximate surface area is 491 Å². The molecule has 0 atom stereocenters.